The normalized spacial score (nSPS) is 12.7. The minimum atomic E-state index is -1.04. The van der Waals surface area contributed by atoms with Gasteiger partial charge in [-0.25, -0.2) is 4.39 Å². The molecule has 128 valence electrons. The fraction of sp³-hybridized carbons (Fsp3) is 0.278. The average Bonchev–Trinajstić information content (AvgIpc) is 2.62. The second-order valence-corrected chi connectivity index (χ2v) is 6.70. The van der Waals surface area contributed by atoms with Crippen LogP contribution in [-0.4, -0.2) is 36.1 Å². The Bertz CT molecular complexity index is 692. The largest absolute Gasteiger partial charge is 0.356 e. The number of rotatable bonds is 7. The molecule has 0 amide bonds. The molecule has 6 heteroatoms. The van der Waals surface area contributed by atoms with Crippen molar-refractivity contribution >= 4 is 16.8 Å². The van der Waals surface area contributed by atoms with Crippen LogP contribution in [0.25, 0.3) is 0 Å². The maximum absolute atomic E-state index is 13.5. The van der Waals surface area contributed by atoms with Gasteiger partial charge in [-0.3, -0.25) is 9.20 Å². The number of benzene rings is 2. The molecule has 0 aliphatic heterocycles. The van der Waals surface area contributed by atoms with E-state index in [1.54, 1.807) is 19.2 Å². The quantitative estimate of drug-likeness (QED) is 0.597. The molecule has 4 nitrogen and oxygen atoms in total. The molecule has 0 aliphatic carbocycles. The third-order valence-electron chi connectivity index (χ3n) is 3.45. The van der Waals surface area contributed by atoms with Gasteiger partial charge in [-0.1, -0.05) is 36.4 Å². The minimum absolute atomic E-state index is 0.194. The number of hydrogen-bond donors (Lipinski definition) is 2. The Hall–Kier alpha value is -2.21. The second kappa shape index (κ2) is 9.82. The minimum Gasteiger partial charge on any atom is -0.356 e. The van der Waals surface area contributed by atoms with Crippen molar-refractivity contribution in [2.45, 2.75) is 11.3 Å². The van der Waals surface area contributed by atoms with Crippen molar-refractivity contribution in [1.29, 1.82) is 0 Å². The first-order valence-corrected chi connectivity index (χ1v) is 9.14. The molecule has 2 rings (SSSR count). The highest BCUT2D eigenvalue weighted by molar-refractivity contribution is 7.85. The lowest BCUT2D eigenvalue weighted by molar-refractivity contribution is 0.607. The van der Waals surface area contributed by atoms with Gasteiger partial charge in [-0.2, -0.15) is 0 Å². The van der Waals surface area contributed by atoms with Crippen molar-refractivity contribution in [3.05, 3.63) is 66.0 Å². The summed E-state index contributed by atoms with van der Waals surface area (Å²) in [7, 11) is 0.638. The number of hydrogen-bond acceptors (Lipinski definition) is 2. The molecular weight excluding hydrogens is 325 g/mol. The van der Waals surface area contributed by atoms with E-state index < -0.39 is 10.8 Å². The van der Waals surface area contributed by atoms with Gasteiger partial charge in [0, 0.05) is 30.8 Å². The molecule has 0 saturated carbocycles. The SMILES string of the molecule is CN=C(NCCc1ccccc1F)NCCS(=O)c1ccccc1. The highest BCUT2D eigenvalue weighted by Gasteiger charge is 2.04. The fourth-order valence-corrected chi connectivity index (χ4v) is 3.17. The predicted octanol–water partition coefficient (Wildman–Crippen LogP) is 2.34. The average molecular weight is 347 g/mol. The van der Waals surface area contributed by atoms with E-state index in [-0.39, 0.29) is 5.82 Å². The summed E-state index contributed by atoms with van der Waals surface area (Å²) in [6.07, 6.45) is 0.573. The summed E-state index contributed by atoms with van der Waals surface area (Å²) in [5.74, 6) is 0.926. The van der Waals surface area contributed by atoms with Gasteiger partial charge >= 0.3 is 0 Å². The van der Waals surface area contributed by atoms with Crippen molar-refractivity contribution in [3.63, 3.8) is 0 Å². The summed E-state index contributed by atoms with van der Waals surface area (Å²) in [6.45, 7) is 1.11. The van der Waals surface area contributed by atoms with Crippen LogP contribution in [0.3, 0.4) is 0 Å². The third kappa shape index (κ3) is 5.77. The maximum Gasteiger partial charge on any atom is 0.191 e. The number of nitrogens with zero attached hydrogens (tertiary/aromatic N) is 1. The molecule has 0 aliphatic rings. The van der Waals surface area contributed by atoms with E-state index >= 15 is 0 Å². The van der Waals surface area contributed by atoms with Gasteiger partial charge in [0.05, 0.1) is 10.8 Å². The molecule has 0 fully saturated rings. The summed E-state index contributed by atoms with van der Waals surface area (Å²) in [5, 5.41) is 6.25. The van der Waals surface area contributed by atoms with Gasteiger partial charge in [0.25, 0.3) is 0 Å². The Balaban J connectivity index is 1.71. The van der Waals surface area contributed by atoms with Crippen LogP contribution in [0.1, 0.15) is 5.56 Å². The van der Waals surface area contributed by atoms with Gasteiger partial charge in [0.2, 0.25) is 0 Å². The summed E-state index contributed by atoms with van der Waals surface area (Å²) >= 11 is 0. The molecule has 2 N–H and O–H groups in total. The third-order valence-corrected chi connectivity index (χ3v) is 4.83. The van der Waals surface area contributed by atoms with Crippen LogP contribution in [0, 0.1) is 5.82 Å². The monoisotopic (exact) mass is 347 g/mol. The highest BCUT2D eigenvalue weighted by Crippen LogP contribution is 2.06. The van der Waals surface area contributed by atoms with Crippen LogP contribution in [0.5, 0.6) is 0 Å². The van der Waals surface area contributed by atoms with E-state index in [9.17, 15) is 8.60 Å². The molecule has 0 spiro atoms. The Labute approximate surface area is 144 Å². The fourth-order valence-electron chi connectivity index (χ4n) is 2.19. The van der Waals surface area contributed by atoms with Gasteiger partial charge < -0.3 is 10.6 Å². The van der Waals surface area contributed by atoms with Crippen LogP contribution >= 0.6 is 0 Å². The van der Waals surface area contributed by atoms with Crippen molar-refractivity contribution in [2.75, 3.05) is 25.9 Å². The maximum atomic E-state index is 13.5. The van der Waals surface area contributed by atoms with Gasteiger partial charge in [0.1, 0.15) is 5.82 Å². The zero-order valence-corrected chi connectivity index (χ0v) is 14.5. The van der Waals surface area contributed by atoms with Crippen LogP contribution in [-0.2, 0) is 17.2 Å². The summed E-state index contributed by atoms with van der Waals surface area (Å²) in [4.78, 5) is 4.93. The summed E-state index contributed by atoms with van der Waals surface area (Å²) in [6, 6.07) is 16.1. The van der Waals surface area contributed by atoms with E-state index in [1.807, 2.05) is 36.4 Å². The van der Waals surface area contributed by atoms with Crippen LogP contribution in [0.2, 0.25) is 0 Å². The molecule has 0 heterocycles. The smallest absolute Gasteiger partial charge is 0.191 e. The molecule has 1 atom stereocenters. The lowest BCUT2D eigenvalue weighted by Crippen LogP contribution is -2.40. The molecule has 0 aromatic heterocycles. The molecule has 0 saturated heterocycles. The molecular formula is C18H22FN3OS. The molecule has 0 bridgehead atoms. The zero-order chi connectivity index (χ0) is 17.2. The predicted molar refractivity (Wildman–Crippen MR) is 97.2 cm³/mol. The molecule has 0 radical (unpaired) electrons. The number of guanidine groups is 1. The first-order chi connectivity index (χ1) is 11.7. The molecule has 2 aromatic rings. The lowest BCUT2D eigenvalue weighted by Gasteiger charge is -2.12. The lowest BCUT2D eigenvalue weighted by atomic mass is 10.1. The first-order valence-electron chi connectivity index (χ1n) is 7.82. The van der Waals surface area contributed by atoms with Crippen LogP contribution in [0.15, 0.2) is 64.5 Å². The zero-order valence-electron chi connectivity index (χ0n) is 13.7. The number of halogens is 1. The van der Waals surface area contributed by atoms with E-state index in [0.29, 0.717) is 36.8 Å². The van der Waals surface area contributed by atoms with Crippen LogP contribution in [0.4, 0.5) is 4.39 Å². The van der Waals surface area contributed by atoms with Crippen molar-refractivity contribution in [3.8, 4) is 0 Å². The Kier molecular flexibility index (Phi) is 7.42. The van der Waals surface area contributed by atoms with E-state index in [0.717, 1.165) is 4.90 Å². The second-order valence-electron chi connectivity index (χ2n) is 5.13. The molecule has 2 aromatic carbocycles. The van der Waals surface area contributed by atoms with E-state index in [4.69, 9.17) is 0 Å². The van der Waals surface area contributed by atoms with Crippen LogP contribution < -0.4 is 10.6 Å². The van der Waals surface area contributed by atoms with E-state index in [1.165, 1.54) is 6.07 Å². The summed E-state index contributed by atoms with van der Waals surface area (Å²) in [5.41, 5.74) is 0.672. The molecule has 1 unspecified atom stereocenters. The Morgan fingerprint density at radius 1 is 1.04 bits per heavy atom. The van der Waals surface area contributed by atoms with Crippen molar-refractivity contribution in [2.24, 2.45) is 4.99 Å². The Morgan fingerprint density at radius 2 is 1.71 bits per heavy atom. The Morgan fingerprint density at radius 3 is 2.42 bits per heavy atom. The topological polar surface area (TPSA) is 53.5 Å². The van der Waals surface area contributed by atoms with E-state index in [2.05, 4.69) is 15.6 Å². The van der Waals surface area contributed by atoms with Crippen molar-refractivity contribution in [1.82, 2.24) is 10.6 Å². The van der Waals surface area contributed by atoms with Crippen molar-refractivity contribution < 1.29 is 8.60 Å². The number of nitrogens with one attached hydrogen (secondary N) is 2. The van der Waals surface area contributed by atoms with Gasteiger partial charge in [-0.15, -0.1) is 0 Å². The first kappa shape index (κ1) is 18.1. The standard InChI is InChI=1S/C18H22FN3OS/c1-20-18(21-12-11-15-7-5-6-10-17(15)19)22-13-14-24(23)16-8-3-2-4-9-16/h2-10H,11-14H2,1H3,(H2,20,21,22). The van der Waals surface area contributed by atoms with Gasteiger partial charge in [-0.05, 0) is 30.2 Å². The summed E-state index contributed by atoms with van der Waals surface area (Å²) < 4.78 is 25.7. The number of aliphatic imine (C=N–C) groups is 1. The van der Waals surface area contributed by atoms with Gasteiger partial charge in [0.15, 0.2) is 5.96 Å². The highest BCUT2D eigenvalue weighted by atomic mass is 32.2. The molecule has 24 heavy (non-hydrogen) atoms.